The molecule has 0 atom stereocenters. The molecule has 64 heavy (non-hydrogen) atoms. The Hall–Kier alpha value is -7.16. The quantitative estimate of drug-likeness (QED) is 0.162. The number of benzene rings is 9. The van der Waals surface area contributed by atoms with E-state index >= 15 is 0 Å². The number of para-hydroxylation sites is 2. The van der Waals surface area contributed by atoms with Crippen molar-refractivity contribution < 1.29 is 0 Å². The van der Waals surface area contributed by atoms with Gasteiger partial charge >= 0.3 is 0 Å². The molecule has 9 aromatic carbocycles. The Morgan fingerprint density at radius 2 is 0.844 bits per heavy atom. The molecule has 4 bridgehead atoms. The Morgan fingerprint density at radius 3 is 1.50 bits per heavy atom. The predicted molar refractivity (Wildman–Crippen MR) is 267 cm³/mol. The van der Waals surface area contributed by atoms with Gasteiger partial charge in [-0.25, -0.2) is 0 Å². The van der Waals surface area contributed by atoms with Crippen LogP contribution in [0.25, 0.3) is 71.6 Å². The molecule has 0 radical (unpaired) electrons. The van der Waals surface area contributed by atoms with E-state index in [0.29, 0.717) is 0 Å². The standard InChI is InChI=1S/C62H48N2/c1-2-13-51-42(11-1)12-9-17-52(51)43-23-27-47(28-24-43)63(49-31-33-50(34-32-49)64-59-21-7-4-14-54(59)55-15-5-8-22-60(55)64)48-29-25-44(26-30-48)53-18-10-20-58-61(53)56-16-3-6-19-57(56)62(58)45-36-40-35-41(38-45)39-46(62)37-40/h1-34,40-41,45-46H,35-39H2. The van der Waals surface area contributed by atoms with Gasteiger partial charge in [-0.2, -0.15) is 0 Å². The van der Waals surface area contributed by atoms with Gasteiger partial charge < -0.3 is 9.47 Å². The highest BCUT2D eigenvalue weighted by atomic mass is 15.1. The van der Waals surface area contributed by atoms with Crippen molar-refractivity contribution >= 4 is 49.6 Å². The zero-order valence-electron chi connectivity index (χ0n) is 35.9. The fraction of sp³-hybridized carbons (Fsp3) is 0.161. The minimum Gasteiger partial charge on any atom is -0.311 e. The lowest BCUT2D eigenvalue weighted by atomic mass is 9.43. The first-order valence-electron chi connectivity index (χ1n) is 23.5. The molecule has 5 aliphatic carbocycles. The van der Waals surface area contributed by atoms with Crippen molar-refractivity contribution in [3.63, 3.8) is 0 Å². The lowest BCUT2D eigenvalue weighted by Crippen LogP contribution is -2.55. The molecule has 1 aromatic heterocycles. The normalized spacial score (nSPS) is 21.5. The Labute approximate surface area is 375 Å². The fourth-order valence-corrected chi connectivity index (χ4v) is 13.9. The van der Waals surface area contributed by atoms with Gasteiger partial charge in [0, 0.05) is 38.9 Å². The summed E-state index contributed by atoms with van der Waals surface area (Å²) < 4.78 is 2.40. The molecular weight excluding hydrogens is 773 g/mol. The molecule has 0 N–H and O–H groups in total. The largest absolute Gasteiger partial charge is 0.311 e. The maximum absolute atomic E-state index is 2.52. The van der Waals surface area contributed by atoms with Crippen LogP contribution in [0.3, 0.4) is 0 Å². The van der Waals surface area contributed by atoms with Crippen molar-refractivity contribution in [2.75, 3.05) is 4.90 Å². The second-order valence-electron chi connectivity index (χ2n) is 19.3. The average Bonchev–Trinajstić information content (AvgIpc) is 3.85. The third kappa shape index (κ3) is 5.20. The molecule has 1 spiro atoms. The first kappa shape index (κ1) is 36.3. The highest BCUT2D eigenvalue weighted by Crippen LogP contribution is 2.70. The molecular formula is C62H48N2. The van der Waals surface area contributed by atoms with E-state index in [2.05, 4.69) is 216 Å². The zero-order chi connectivity index (χ0) is 41.9. The van der Waals surface area contributed by atoms with Crippen molar-refractivity contribution in [1.29, 1.82) is 0 Å². The van der Waals surface area contributed by atoms with Crippen LogP contribution >= 0.6 is 0 Å². The van der Waals surface area contributed by atoms with Crippen LogP contribution in [0.5, 0.6) is 0 Å². The van der Waals surface area contributed by atoms with Gasteiger partial charge in [-0.15, -0.1) is 0 Å². The summed E-state index contributed by atoms with van der Waals surface area (Å²) in [5.74, 6) is 3.38. The Bertz CT molecular complexity index is 3360. The molecule has 2 nitrogen and oxygen atoms in total. The van der Waals surface area contributed by atoms with Crippen LogP contribution in [-0.2, 0) is 5.41 Å². The van der Waals surface area contributed by atoms with Gasteiger partial charge in [0.15, 0.2) is 0 Å². The second-order valence-corrected chi connectivity index (χ2v) is 19.3. The third-order valence-corrected chi connectivity index (χ3v) is 16.2. The minimum atomic E-state index is 0.162. The number of nitrogens with zero attached hydrogens (tertiary/aromatic N) is 2. The van der Waals surface area contributed by atoms with Gasteiger partial charge in [0.05, 0.1) is 11.0 Å². The number of hydrogen-bond acceptors (Lipinski definition) is 1. The smallest absolute Gasteiger partial charge is 0.0541 e. The lowest BCUT2D eigenvalue weighted by molar-refractivity contribution is -0.0399. The molecule has 0 saturated heterocycles. The first-order chi connectivity index (χ1) is 31.7. The summed E-state index contributed by atoms with van der Waals surface area (Å²) >= 11 is 0. The van der Waals surface area contributed by atoms with Crippen LogP contribution in [0.2, 0.25) is 0 Å². The fourth-order valence-electron chi connectivity index (χ4n) is 13.9. The Balaban J connectivity index is 0.880. The van der Waals surface area contributed by atoms with Crippen LogP contribution in [0.4, 0.5) is 17.1 Å². The van der Waals surface area contributed by atoms with E-state index in [9.17, 15) is 0 Å². The summed E-state index contributed by atoms with van der Waals surface area (Å²) in [6.45, 7) is 0. The van der Waals surface area contributed by atoms with E-state index in [1.807, 2.05) is 0 Å². The molecule has 0 amide bonds. The SMILES string of the molecule is c1ccc2c(c1)-c1c(-c3ccc(N(c4ccc(-c5cccc6ccccc56)cc4)c4ccc(-n5c6ccccc6c6ccccc65)cc4)cc3)cccc1C21C2CC3CC(C2)CC1C3. The zero-order valence-corrected chi connectivity index (χ0v) is 35.9. The van der Waals surface area contributed by atoms with E-state index in [1.54, 1.807) is 11.1 Å². The molecule has 0 aliphatic heterocycles. The number of aromatic nitrogens is 1. The van der Waals surface area contributed by atoms with Crippen molar-refractivity contribution in [1.82, 2.24) is 4.57 Å². The highest BCUT2D eigenvalue weighted by Gasteiger charge is 2.61. The minimum absolute atomic E-state index is 0.162. The molecule has 15 rings (SSSR count). The Kier molecular flexibility index (Phi) is 7.90. The predicted octanol–water partition coefficient (Wildman–Crippen LogP) is 16.5. The van der Waals surface area contributed by atoms with Gasteiger partial charge in [-0.05, 0) is 172 Å². The highest BCUT2D eigenvalue weighted by molar-refractivity contribution is 6.09. The van der Waals surface area contributed by atoms with Gasteiger partial charge in [0.2, 0.25) is 0 Å². The number of hydrogen-bond donors (Lipinski definition) is 0. The maximum atomic E-state index is 2.52. The molecule has 2 heteroatoms. The number of anilines is 3. The van der Waals surface area contributed by atoms with Crippen LogP contribution in [-0.4, -0.2) is 4.57 Å². The monoisotopic (exact) mass is 820 g/mol. The topological polar surface area (TPSA) is 8.17 Å². The molecule has 4 fully saturated rings. The molecule has 0 unspecified atom stereocenters. The van der Waals surface area contributed by atoms with Gasteiger partial charge in [0.25, 0.3) is 0 Å². The van der Waals surface area contributed by atoms with E-state index in [4.69, 9.17) is 0 Å². The van der Waals surface area contributed by atoms with Crippen molar-refractivity contribution in [3.05, 3.63) is 217 Å². The summed E-state index contributed by atoms with van der Waals surface area (Å²) in [6.07, 6.45) is 7.08. The average molecular weight is 821 g/mol. The second kappa shape index (κ2) is 13.9. The third-order valence-electron chi connectivity index (χ3n) is 16.2. The summed E-state index contributed by atoms with van der Waals surface area (Å²) in [5, 5.41) is 5.08. The lowest BCUT2D eigenvalue weighted by Gasteiger charge is -2.61. The summed E-state index contributed by atoms with van der Waals surface area (Å²) in [6, 6.07) is 77.3. The number of rotatable bonds is 6. The van der Waals surface area contributed by atoms with E-state index in [1.165, 1.54) is 98.1 Å². The van der Waals surface area contributed by atoms with Crippen LogP contribution in [0, 0.1) is 23.7 Å². The van der Waals surface area contributed by atoms with Crippen molar-refractivity contribution in [3.8, 4) is 39.1 Å². The van der Waals surface area contributed by atoms with Crippen LogP contribution in [0.15, 0.2) is 206 Å². The van der Waals surface area contributed by atoms with Gasteiger partial charge in [-0.1, -0.05) is 146 Å². The molecule has 5 aliphatic rings. The van der Waals surface area contributed by atoms with Gasteiger partial charge in [-0.3, -0.25) is 0 Å². The molecule has 306 valence electrons. The summed E-state index contributed by atoms with van der Waals surface area (Å²) in [5.41, 5.74) is 18.4. The molecule has 1 heterocycles. The van der Waals surface area contributed by atoms with Gasteiger partial charge in [0.1, 0.15) is 0 Å². The first-order valence-corrected chi connectivity index (χ1v) is 23.5. The van der Waals surface area contributed by atoms with E-state index in [0.717, 1.165) is 46.4 Å². The number of fused-ring (bicyclic) bond motifs is 7. The van der Waals surface area contributed by atoms with E-state index < -0.39 is 0 Å². The molecule has 10 aromatic rings. The molecule has 4 saturated carbocycles. The maximum Gasteiger partial charge on any atom is 0.0541 e. The van der Waals surface area contributed by atoms with Crippen LogP contribution < -0.4 is 4.90 Å². The van der Waals surface area contributed by atoms with Crippen molar-refractivity contribution in [2.24, 2.45) is 23.7 Å². The van der Waals surface area contributed by atoms with E-state index in [-0.39, 0.29) is 5.41 Å². The van der Waals surface area contributed by atoms with Crippen LogP contribution in [0.1, 0.15) is 43.2 Å². The summed E-state index contributed by atoms with van der Waals surface area (Å²) in [4.78, 5) is 2.42. The Morgan fingerprint density at radius 1 is 0.375 bits per heavy atom. The van der Waals surface area contributed by atoms with Crippen molar-refractivity contribution in [2.45, 2.75) is 37.5 Å². The summed E-state index contributed by atoms with van der Waals surface area (Å²) in [7, 11) is 0.